The van der Waals surface area contributed by atoms with Gasteiger partial charge in [-0.25, -0.2) is 0 Å². The van der Waals surface area contributed by atoms with Gasteiger partial charge in [0, 0.05) is 10.2 Å². The van der Waals surface area contributed by atoms with Crippen molar-refractivity contribution in [3.8, 4) is 16.9 Å². The minimum absolute atomic E-state index is 0.573. The molecule has 0 bridgehead atoms. The highest BCUT2D eigenvalue weighted by Gasteiger charge is 2.02. The van der Waals surface area contributed by atoms with Crippen molar-refractivity contribution in [2.75, 3.05) is 5.73 Å². The number of benzene rings is 3. The molecule has 0 aromatic heterocycles. The van der Waals surface area contributed by atoms with E-state index in [4.69, 9.17) is 10.5 Å². The van der Waals surface area contributed by atoms with Crippen molar-refractivity contribution in [1.82, 2.24) is 0 Å². The molecule has 0 spiro atoms. The highest BCUT2D eigenvalue weighted by atomic mass is 79.9. The molecule has 0 heterocycles. The van der Waals surface area contributed by atoms with Gasteiger partial charge in [-0.2, -0.15) is 0 Å². The molecule has 0 radical (unpaired) electrons. The molecule has 3 aromatic carbocycles. The Labute approximate surface area is 138 Å². The third kappa shape index (κ3) is 3.68. The average Bonchev–Trinajstić information content (AvgIpc) is 2.53. The normalized spacial score (nSPS) is 10.4. The van der Waals surface area contributed by atoms with Gasteiger partial charge in [0.25, 0.3) is 0 Å². The van der Waals surface area contributed by atoms with E-state index in [0.717, 1.165) is 32.6 Å². The first-order chi connectivity index (χ1) is 10.7. The fourth-order valence-corrected chi connectivity index (χ4v) is 2.77. The summed E-state index contributed by atoms with van der Waals surface area (Å²) < 4.78 is 6.78. The van der Waals surface area contributed by atoms with Gasteiger partial charge in [-0.05, 0) is 47.0 Å². The summed E-state index contributed by atoms with van der Waals surface area (Å²) in [5.41, 5.74) is 9.98. The van der Waals surface area contributed by atoms with Crippen molar-refractivity contribution in [1.29, 1.82) is 0 Å². The van der Waals surface area contributed by atoms with E-state index in [2.05, 4.69) is 34.1 Å². The molecule has 0 atom stereocenters. The number of ether oxygens (including phenoxy) is 1. The van der Waals surface area contributed by atoms with E-state index < -0.39 is 0 Å². The minimum atomic E-state index is 0.573. The second-order valence-electron chi connectivity index (χ2n) is 5.07. The maximum atomic E-state index is 5.88. The van der Waals surface area contributed by atoms with Crippen LogP contribution in [0, 0.1) is 0 Å². The summed E-state index contributed by atoms with van der Waals surface area (Å²) in [5.74, 6) is 0.857. The molecule has 3 rings (SSSR count). The lowest BCUT2D eigenvalue weighted by Gasteiger charge is -2.08. The number of hydrogen-bond donors (Lipinski definition) is 1. The van der Waals surface area contributed by atoms with E-state index in [-0.39, 0.29) is 0 Å². The molecule has 0 fully saturated rings. The lowest BCUT2D eigenvalue weighted by Crippen LogP contribution is -1.94. The molecule has 0 aliphatic carbocycles. The van der Waals surface area contributed by atoms with Crippen molar-refractivity contribution in [2.24, 2.45) is 0 Å². The quantitative estimate of drug-likeness (QED) is 0.647. The average molecular weight is 354 g/mol. The van der Waals surface area contributed by atoms with E-state index in [9.17, 15) is 0 Å². The van der Waals surface area contributed by atoms with Crippen molar-refractivity contribution in [2.45, 2.75) is 6.61 Å². The van der Waals surface area contributed by atoms with Gasteiger partial charge in [0.2, 0.25) is 0 Å². The van der Waals surface area contributed by atoms with Crippen LogP contribution in [-0.4, -0.2) is 0 Å². The zero-order chi connectivity index (χ0) is 15.4. The Balaban J connectivity index is 1.72. The van der Waals surface area contributed by atoms with Crippen molar-refractivity contribution in [3.63, 3.8) is 0 Å². The Hall–Kier alpha value is -2.26. The predicted octanol–water partition coefficient (Wildman–Crippen LogP) is 5.28. The first kappa shape index (κ1) is 14.7. The van der Waals surface area contributed by atoms with Crippen molar-refractivity contribution >= 4 is 21.6 Å². The summed E-state index contributed by atoms with van der Waals surface area (Å²) in [7, 11) is 0. The Morgan fingerprint density at radius 2 is 1.55 bits per heavy atom. The largest absolute Gasteiger partial charge is 0.489 e. The summed E-state index contributed by atoms with van der Waals surface area (Å²) >= 11 is 3.47. The molecular weight excluding hydrogens is 338 g/mol. The van der Waals surface area contributed by atoms with Crippen LogP contribution in [0.3, 0.4) is 0 Å². The molecule has 0 amide bonds. The predicted molar refractivity (Wildman–Crippen MR) is 94.8 cm³/mol. The van der Waals surface area contributed by atoms with Gasteiger partial charge in [-0.3, -0.25) is 0 Å². The molecule has 0 saturated carbocycles. The van der Waals surface area contributed by atoms with Crippen molar-refractivity contribution in [3.05, 3.63) is 82.8 Å². The van der Waals surface area contributed by atoms with Gasteiger partial charge in [0.1, 0.15) is 12.4 Å². The molecule has 3 aromatic rings. The molecule has 110 valence electrons. The Bertz CT molecular complexity index is 734. The number of halogens is 1. The summed E-state index contributed by atoms with van der Waals surface area (Å²) in [6.45, 7) is 0.573. The number of rotatable bonds is 4. The molecule has 22 heavy (non-hydrogen) atoms. The highest BCUT2D eigenvalue weighted by Crippen LogP contribution is 2.27. The van der Waals surface area contributed by atoms with Gasteiger partial charge in [0.15, 0.2) is 0 Å². The van der Waals surface area contributed by atoms with E-state index in [1.54, 1.807) is 0 Å². The SMILES string of the molecule is Nc1cc(Br)cc(-c2ccc(OCc3ccccc3)cc2)c1. The van der Waals surface area contributed by atoms with Gasteiger partial charge in [-0.15, -0.1) is 0 Å². The number of nitrogen functional groups attached to an aromatic ring is 1. The minimum Gasteiger partial charge on any atom is -0.489 e. The fourth-order valence-electron chi connectivity index (χ4n) is 2.26. The summed E-state index contributed by atoms with van der Waals surface area (Å²) in [4.78, 5) is 0. The Morgan fingerprint density at radius 1 is 0.818 bits per heavy atom. The number of anilines is 1. The van der Waals surface area contributed by atoms with Crippen LogP contribution in [0.1, 0.15) is 5.56 Å². The van der Waals surface area contributed by atoms with E-state index in [1.807, 2.05) is 54.6 Å². The monoisotopic (exact) mass is 353 g/mol. The molecular formula is C19H16BrNO. The van der Waals surface area contributed by atoms with Crippen LogP contribution in [0.2, 0.25) is 0 Å². The van der Waals surface area contributed by atoms with E-state index in [0.29, 0.717) is 6.61 Å². The Morgan fingerprint density at radius 3 is 2.23 bits per heavy atom. The molecule has 0 aliphatic heterocycles. The number of hydrogen-bond acceptors (Lipinski definition) is 2. The Kier molecular flexibility index (Phi) is 4.45. The second-order valence-corrected chi connectivity index (χ2v) is 5.99. The molecule has 0 saturated heterocycles. The van der Waals surface area contributed by atoms with Crippen LogP contribution in [0.25, 0.3) is 11.1 Å². The van der Waals surface area contributed by atoms with Gasteiger partial charge < -0.3 is 10.5 Å². The topological polar surface area (TPSA) is 35.2 Å². The first-order valence-electron chi connectivity index (χ1n) is 7.04. The summed E-state index contributed by atoms with van der Waals surface area (Å²) in [6, 6.07) is 24.1. The molecule has 3 heteroatoms. The van der Waals surface area contributed by atoms with Crippen LogP contribution in [0.5, 0.6) is 5.75 Å². The van der Waals surface area contributed by atoms with E-state index >= 15 is 0 Å². The smallest absolute Gasteiger partial charge is 0.119 e. The lowest BCUT2D eigenvalue weighted by atomic mass is 10.1. The third-order valence-electron chi connectivity index (χ3n) is 3.36. The maximum absolute atomic E-state index is 5.88. The zero-order valence-electron chi connectivity index (χ0n) is 12.0. The highest BCUT2D eigenvalue weighted by molar-refractivity contribution is 9.10. The lowest BCUT2D eigenvalue weighted by molar-refractivity contribution is 0.306. The second kappa shape index (κ2) is 6.67. The molecule has 0 aliphatic rings. The van der Waals surface area contributed by atoms with Crippen molar-refractivity contribution < 1.29 is 4.74 Å². The first-order valence-corrected chi connectivity index (χ1v) is 7.83. The third-order valence-corrected chi connectivity index (χ3v) is 3.81. The van der Waals surface area contributed by atoms with Gasteiger partial charge >= 0.3 is 0 Å². The molecule has 2 nitrogen and oxygen atoms in total. The van der Waals surface area contributed by atoms with Gasteiger partial charge in [0.05, 0.1) is 0 Å². The maximum Gasteiger partial charge on any atom is 0.119 e. The van der Waals surface area contributed by atoms with Crippen LogP contribution >= 0.6 is 15.9 Å². The fraction of sp³-hybridized carbons (Fsp3) is 0.0526. The van der Waals surface area contributed by atoms with Crippen LogP contribution in [0.4, 0.5) is 5.69 Å². The molecule has 2 N–H and O–H groups in total. The summed E-state index contributed by atoms with van der Waals surface area (Å²) in [6.07, 6.45) is 0. The summed E-state index contributed by atoms with van der Waals surface area (Å²) in [5, 5.41) is 0. The van der Waals surface area contributed by atoms with Gasteiger partial charge in [-0.1, -0.05) is 58.4 Å². The number of nitrogens with two attached hydrogens (primary N) is 1. The van der Waals surface area contributed by atoms with Crippen LogP contribution in [0.15, 0.2) is 77.3 Å². The standard InChI is InChI=1S/C19H16BrNO/c20-17-10-16(11-18(21)12-17)15-6-8-19(9-7-15)22-13-14-4-2-1-3-5-14/h1-12H,13,21H2. The van der Waals surface area contributed by atoms with E-state index in [1.165, 1.54) is 0 Å². The molecule has 0 unspecified atom stereocenters. The van der Waals surface area contributed by atoms with Crippen LogP contribution in [-0.2, 0) is 6.61 Å². The van der Waals surface area contributed by atoms with Crippen LogP contribution < -0.4 is 10.5 Å². The zero-order valence-corrected chi connectivity index (χ0v) is 13.6.